The molecule has 1 unspecified atom stereocenters. The molecule has 2 aliphatic rings. The number of halogens is 4. The smallest absolute Gasteiger partial charge is 0.277 e. The molecule has 0 spiro atoms. The first-order chi connectivity index (χ1) is 14.3. The number of aliphatic imine (C=N–C) groups is 1. The van der Waals surface area contributed by atoms with Crippen molar-refractivity contribution in [2.45, 2.75) is 18.6 Å². The molecule has 0 radical (unpaired) electrons. The molecule has 1 aromatic heterocycles. The van der Waals surface area contributed by atoms with Gasteiger partial charge in [0.25, 0.3) is 0 Å². The van der Waals surface area contributed by atoms with Gasteiger partial charge in [0.2, 0.25) is 17.8 Å². The van der Waals surface area contributed by atoms with Crippen LogP contribution in [0.3, 0.4) is 0 Å². The van der Waals surface area contributed by atoms with Crippen molar-refractivity contribution < 1.29 is 22.8 Å². The molecule has 7 nitrogen and oxygen atoms in total. The predicted molar refractivity (Wildman–Crippen MR) is 100 cm³/mol. The first kappa shape index (κ1) is 20.0. The molecule has 1 atom stereocenters. The normalized spacial score (nSPS) is 19.1. The van der Waals surface area contributed by atoms with Crippen LogP contribution in [0.1, 0.15) is 22.6 Å². The zero-order valence-electron chi connectivity index (χ0n) is 15.2. The Morgan fingerprint density at radius 1 is 1.10 bits per heavy atom. The number of guanidine groups is 1. The molecule has 0 saturated carbocycles. The Labute approximate surface area is 173 Å². The summed E-state index contributed by atoms with van der Waals surface area (Å²) in [6.07, 6.45) is 2.71. The van der Waals surface area contributed by atoms with Gasteiger partial charge >= 0.3 is 6.18 Å². The van der Waals surface area contributed by atoms with Crippen LogP contribution in [0.2, 0.25) is 5.02 Å². The minimum atomic E-state index is -4.68. The molecule has 1 aromatic carbocycles. The lowest BCUT2D eigenvalue weighted by molar-refractivity contribution is -0.144. The molecule has 1 saturated heterocycles. The zero-order valence-corrected chi connectivity index (χ0v) is 15.9. The van der Waals surface area contributed by atoms with Crippen LogP contribution in [-0.4, -0.2) is 44.1 Å². The fourth-order valence-corrected chi connectivity index (χ4v) is 3.56. The molecule has 2 aromatic rings. The summed E-state index contributed by atoms with van der Waals surface area (Å²) in [5.41, 5.74) is -0.599. The number of nitrogens with zero attached hydrogens (tertiary/aromatic N) is 5. The van der Waals surface area contributed by atoms with E-state index in [1.807, 2.05) is 0 Å². The maximum atomic E-state index is 13.3. The molecule has 0 bridgehead atoms. The number of amides is 2. The molecule has 30 heavy (non-hydrogen) atoms. The van der Waals surface area contributed by atoms with Crippen molar-refractivity contribution in [1.82, 2.24) is 19.8 Å². The standard InChI is InChI=1S/C19H13ClF3N5O2/c20-14-5-12(4-13(6-14)19(21,22)23)15-16(29)27-3-1-2-26-18(27)28(17(15)30)9-11-7-24-10-25-8-11/h1-2,4-8,10,15H,3,9H2. The van der Waals surface area contributed by atoms with Crippen LogP contribution in [0.5, 0.6) is 0 Å². The Morgan fingerprint density at radius 3 is 2.53 bits per heavy atom. The number of carbonyl (C=O) groups is 2. The summed E-state index contributed by atoms with van der Waals surface area (Å²) in [5, 5.41) is -0.221. The summed E-state index contributed by atoms with van der Waals surface area (Å²) in [4.78, 5) is 40.7. The van der Waals surface area contributed by atoms with Crippen LogP contribution in [0.4, 0.5) is 13.2 Å². The molecule has 11 heteroatoms. The van der Waals surface area contributed by atoms with Crippen molar-refractivity contribution in [3.05, 3.63) is 70.9 Å². The van der Waals surface area contributed by atoms with E-state index in [2.05, 4.69) is 15.0 Å². The molecule has 0 aliphatic carbocycles. The highest BCUT2D eigenvalue weighted by molar-refractivity contribution is 6.31. The second-order valence-corrected chi connectivity index (χ2v) is 7.07. The van der Waals surface area contributed by atoms with Gasteiger partial charge in [-0.25, -0.2) is 15.0 Å². The first-order valence-electron chi connectivity index (χ1n) is 8.73. The molecule has 2 amide bonds. The van der Waals surface area contributed by atoms with Crippen molar-refractivity contribution in [2.75, 3.05) is 6.54 Å². The minimum Gasteiger partial charge on any atom is -0.277 e. The first-order valence-corrected chi connectivity index (χ1v) is 9.10. The van der Waals surface area contributed by atoms with Crippen molar-refractivity contribution in [2.24, 2.45) is 4.99 Å². The third-order valence-electron chi connectivity index (χ3n) is 4.63. The van der Waals surface area contributed by atoms with Gasteiger partial charge < -0.3 is 0 Å². The van der Waals surface area contributed by atoms with Gasteiger partial charge in [0.15, 0.2) is 0 Å². The van der Waals surface area contributed by atoms with Crippen LogP contribution < -0.4 is 0 Å². The van der Waals surface area contributed by atoms with Crippen molar-refractivity contribution in [3.63, 3.8) is 0 Å². The van der Waals surface area contributed by atoms with Crippen LogP contribution in [0, 0.1) is 0 Å². The van der Waals surface area contributed by atoms with E-state index in [4.69, 9.17) is 11.6 Å². The summed E-state index contributed by atoms with van der Waals surface area (Å²) in [6.45, 7) is 0.134. The third kappa shape index (κ3) is 3.65. The third-order valence-corrected chi connectivity index (χ3v) is 4.85. The summed E-state index contributed by atoms with van der Waals surface area (Å²) < 4.78 is 39.8. The Bertz CT molecular complexity index is 1070. The van der Waals surface area contributed by atoms with E-state index in [1.165, 1.54) is 40.8 Å². The number of rotatable bonds is 3. The van der Waals surface area contributed by atoms with Crippen LogP contribution in [0.15, 0.2) is 54.2 Å². The average Bonchev–Trinajstić information content (AvgIpc) is 2.71. The van der Waals surface area contributed by atoms with E-state index in [0.717, 1.165) is 12.1 Å². The van der Waals surface area contributed by atoms with Gasteiger partial charge in [-0.15, -0.1) is 0 Å². The number of fused-ring (bicyclic) bond motifs is 1. The fourth-order valence-electron chi connectivity index (χ4n) is 3.31. The molecule has 3 heterocycles. The average molecular weight is 436 g/mol. The number of alkyl halides is 3. The maximum absolute atomic E-state index is 13.3. The summed E-state index contributed by atoms with van der Waals surface area (Å²) in [7, 11) is 0. The maximum Gasteiger partial charge on any atom is 0.416 e. The Balaban J connectivity index is 1.78. The van der Waals surface area contributed by atoms with Crippen LogP contribution in [-0.2, 0) is 22.3 Å². The Hall–Kier alpha value is -3.27. The quantitative estimate of drug-likeness (QED) is 0.694. The number of benzene rings is 1. The topological polar surface area (TPSA) is 78.8 Å². The highest BCUT2D eigenvalue weighted by atomic mass is 35.5. The molecular formula is C19H13ClF3N5O2. The van der Waals surface area contributed by atoms with Gasteiger partial charge in [-0.1, -0.05) is 11.6 Å². The summed E-state index contributed by atoms with van der Waals surface area (Å²) in [6, 6.07) is 2.72. The van der Waals surface area contributed by atoms with Gasteiger partial charge in [-0.3, -0.25) is 19.4 Å². The number of hydrogen-bond donors (Lipinski definition) is 0. The highest BCUT2D eigenvalue weighted by Crippen LogP contribution is 2.36. The van der Waals surface area contributed by atoms with E-state index >= 15 is 0 Å². The molecule has 154 valence electrons. The van der Waals surface area contributed by atoms with E-state index in [1.54, 1.807) is 6.08 Å². The number of aromatic nitrogens is 2. The van der Waals surface area contributed by atoms with Gasteiger partial charge in [0.05, 0.1) is 12.1 Å². The summed E-state index contributed by atoms with van der Waals surface area (Å²) >= 11 is 5.87. The van der Waals surface area contributed by atoms with E-state index in [9.17, 15) is 22.8 Å². The lowest BCUT2D eigenvalue weighted by atomic mass is 9.92. The van der Waals surface area contributed by atoms with E-state index in [0.29, 0.717) is 5.56 Å². The van der Waals surface area contributed by atoms with Crippen molar-refractivity contribution in [3.8, 4) is 0 Å². The van der Waals surface area contributed by atoms with Gasteiger partial charge in [0.1, 0.15) is 12.2 Å². The van der Waals surface area contributed by atoms with Crippen LogP contribution in [0.25, 0.3) is 0 Å². The van der Waals surface area contributed by atoms with Crippen LogP contribution >= 0.6 is 11.6 Å². The lowest BCUT2D eigenvalue weighted by Crippen LogP contribution is -2.59. The van der Waals surface area contributed by atoms with Crippen molar-refractivity contribution >= 4 is 29.4 Å². The molecule has 4 rings (SSSR count). The highest BCUT2D eigenvalue weighted by Gasteiger charge is 2.46. The monoisotopic (exact) mass is 435 g/mol. The van der Waals surface area contributed by atoms with Crippen molar-refractivity contribution in [1.29, 1.82) is 0 Å². The predicted octanol–water partition coefficient (Wildman–Crippen LogP) is 2.99. The van der Waals surface area contributed by atoms with Gasteiger partial charge in [0, 0.05) is 35.7 Å². The molecular weight excluding hydrogens is 423 g/mol. The van der Waals surface area contributed by atoms with Gasteiger partial charge in [-0.05, 0) is 29.8 Å². The zero-order chi connectivity index (χ0) is 21.5. The second-order valence-electron chi connectivity index (χ2n) is 6.64. The summed E-state index contributed by atoms with van der Waals surface area (Å²) in [5.74, 6) is -2.76. The fraction of sp³-hybridized carbons (Fsp3) is 0.211. The Kier molecular flexibility index (Phi) is 5.02. The Morgan fingerprint density at radius 2 is 1.83 bits per heavy atom. The SMILES string of the molecule is O=C1C(c2cc(Cl)cc(C(F)(F)F)c2)C(=O)N(Cc2cncnc2)C2=NC=CCN12. The molecule has 0 N–H and O–H groups in total. The largest absolute Gasteiger partial charge is 0.416 e. The second kappa shape index (κ2) is 7.52. The lowest BCUT2D eigenvalue weighted by Gasteiger charge is -2.40. The number of carbonyl (C=O) groups excluding carboxylic acids is 2. The van der Waals surface area contributed by atoms with E-state index < -0.39 is 29.5 Å². The molecule has 2 aliphatic heterocycles. The van der Waals surface area contributed by atoms with Gasteiger partial charge in [-0.2, -0.15) is 13.2 Å². The minimum absolute atomic E-state index is 0.000674. The molecule has 1 fully saturated rings. The number of hydrogen-bond acceptors (Lipinski definition) is 5. The van der Waals surface area contributed by atoms with E-state index in [-0.39, 0.29) is 29.6 Å².